The van der Waals surface area contributed by atoms with Crippen molar-refractivity contribution in [3.8, 4) is 6.07 Å². The van der Waals surface area contributed by atoms with Crippen LogP contribution in [0.15, 0.2) is 60.4 Å². The first-order valence-corrected chi connectivity index (χ1v) is 9.10. The Labute approximate surface area is 171 Å². The van der Waals surface area contributed by atoms with Gasteiger partial charge in [-0.3, -0.25) is 9.59 Å². The number of fused-ring (bicyclic) bond motifs is 1. The van der Waals surface area contributed by atoms with Crippen LogP contribution in [0, 0.1) is 11.3 Å². The molecule has 8 heteroatoms. The number of carboxylic acids is 1. The second-order valence-corrected chi connectivity index (χ2v) is 6.77. The van der Waals surface area contributed by atoms with Crippen LogP contribution in [0.25, 0.3) is 17.0 Å². The molecule has 2 aromatic carbocycles. The highest BCUT2D eigenvalue weighted by atomic mass is 16.4. The van der Waals surface area contributed by atoms with E-state index in [2.05, 4.69) is 11.4 Å². The van der Waals surface area contributed by atoms with Crippen LogP contribution >= 0.6 is 0 Å². The van der Waals surface area contributed by atoms with E-state index in [0.717, 1.165) is 16.5 Å². The van der Waals surface area contributed by atoms with Crippen molar-refractivity contribution in [3.05, 3.63) is 77.1 Å². The van der Waals surface area contributed by atoms with E-state index >= 15 is 0 Å². The monoisotopic (exact) mass is 400 g/mol. The van der Waals surface area contributed by atoms with Gasteiger partial charge in [0.05, 0.1) is 11.6 Å². The molecule has 0 spiro atoms. The molecule has 0 aliphatic carbocycles. The zero-order chi connectivity index (χ0) is 21.3. The maximum atomic E-state index is 12.4. The van der Waals surface area contributed by atoms with Crippen molar-refractivity contribution in [3.63, 3.8) is 0 Å². The van der Waals surface area contributed by atoms with Gasteiger partial charge in [-0.05, 0) is 23.8 Å². The summed E-state index contributed by atoms with van der Waals surface area (Å²) in [6, 6.07) is 16.3. The largest absolute Gasteiger partial charge is 0.480 e. The van der Waals surface area contributed by atoms with Crippen LogP contribution in [0.3, 0.4) is 0 Å². The van der Waals surface area contributed by atoms with Gasteiger partial charge in [0.2, 0.25) is 0 Å². The van der Waals surface area contributed by atoms with E-state index in [9.17, 15) is 19.6 Å². The smallest absolute Gasteiger partial charge is 0.329 e. The van der Waals surface area contributed by atoms with Crippen LogP contribution in [0.4, 0.5) is 4.79 Å². The Balaban J connectivity index is 1.74. The fraction of sp³-hybridized carbons (Fsp3) is 0.0909. The zero-order valence-corrected chi connectivity index (χ0v) is 15.7. The average Bonchev–Trinajstić information content (AvgIpc) is 3.21. The molecule has 1 saturated heterocycles. The Morgan fingerprint density at radius 3 is 2.63 bits per heavy atom. The molecule has 1 aromatic heterocycles. The summed E-state index contributed by atoms with van der Waals surface area (Å²) >= 11 is 0. The van der Waals surface area contributed by atoms with Gasteiger partial charge in [-0.1, -0.05) is 36.4 Å². The van der Waals surface area contributed by atoms with Gasteiger partial charge in [0.25, 0.3) is 5.91 Å². The molecule has 0 unspecified atom stereocenters. The number of nitrogens with zero attached hydrogens (tertiary/aromatic N) is 3. The SMILES string of the molecule is N#Cc1ccccc1Cn1cc(/C=C2/NC(=O)N(CC(=O)O)C2=O)c2ccccc21. The molecular formula is C22H16N4O4. The quantitative estimate of drug-likeness (QED) is 0.504. The standard InChI is InChI=1S/C22H16N4O4/c23-10-14-5-1-2-6-15(14)11-25-12-16(17-7-3-4-8-19(17)25)9-18-21(29)26(13-20(27)28)22(30)24-18/h1-9,12H,11,13H2,(H,24,30)(H,27,28)/b18-9+. The highest BCUT2D eigenvalue weighted by Crippen LogP contribution is 2.26. The Hall–Kier alpha value is -4.38. The van der Waals surface area contributed by atoms with Crippen molar-refractivity contribution in [1.82, 2.24) is 14.8 Å². The molecule has 1 aliphatic heterocycles. The molecule has 0 atom stereocenters. The molecule has 8 nitrogen and oxygen atoms in total. The molecule has 4 rings (SSSR count). The summed E-state index contributed by atoms with van der Waals surface area (Å²) in [4.78, 5) is 35.9. The molecule has 3 amide bonds. The lowest BCUT2D eigenvalue weighted by Crippen LogP contribution is -2.35. The Kier molecular flexibility index (Phi) is 4.78. The Bertz CT molecular complexity index is 1270. The predicted molar refractivity (Wildman–Crippen MR) is 108 cm³/mol. The van der Waals surface area contributed by atoms with E-state index < -0.39 is 24.5 Å². The number of amides is 3. The van der Waals surface area contributed by atoms with Crippen LogP contribution in [0.1, 0.15) is 16.7 Å². The van der Waals surface area contributed by atoms with Gasteiger partial charge < -0.3 is 15.0 Å². The number of carbonyl (C=O) groups excluding carboxylic acids is 2. The maximum Gasteiger partial charge on any atom is 0.329 e. The van der Waals surface area contributed by atoms with Crippen LogP contribution in [-0.2, 0) is 16.1 Å². The lowest BCUT2D eigenvalue weighted by molar-refractivity contribution is -0.140. The highest BCUT2D eigenvalue weighted by Gasteiger charge is 2.35. The predicted octanol–water partition coefficient (Wildman–Crippen LogP) is 2.54. The molecule has 0 saturated carbocycles. The molecule has 0 radical (unpaired) electrons. The molecule has 1 fully saturated rings. The first-order valence-electron chi connectivity index (χ1n) is 9.10. The summed E-state index contributed by atoms with van der Waals surface area (Å²) in [6.07, 6.45) is 3.38. The van der Waals surface area contributed by atoms with Gasteiger partial charge in [0.1, 0.15) is 12.2 Å². The zero-order valence-electron chi connectivity index (χ0n) is 15.7. The molecule has 3 aromatic rings. The number of hydrogen-bond acceptors (Lipinski definition) is 4. The lowest BCUT2D eigenvalue weighted by atomic mass is 10.1. The number of rotatable bonds is 5. The molecule has 2 N–H and O–H groups in total. The normalized spacial score (nSPS) is 14.9. The minimum Gasteiger partial charge on any atom is -0.480 e. The minimum atomic E-state index is -1.27. The van der Waals surface area contributed by atoms with E-state index in [1.165, 1.54) is 6.08 Å². The highest BCUT2D eigenvalue weighted by molar-refractivity contribution is 6.15. The summed E-state index contributed by atoms with van der Waals surface area (Å²) in [5.41, 5.74) is 3.05. The number of aromatic nitrogens is 1. The van der Waals surface area contributed by atoms with E-state index in [4.69, 9.17) is 5.11 Å². The van der Waals surface area contributed by atoms with E-state index in [1.54, 1.807) is 6.07 Å². The minimum absolute atomic E-state index is 0.0154. The second-order valence-electron chi connectivity index (χ2n) is 6.77. The van der Waals surface area contributed by atoms with Crippen LogP contribution in [-0.4, -0.2) is 39.0 Å². The van der Waals surface area contributed by atoms with Gasteiger partial charge in [0.15, 0.2) is 0 Å². The number of carboxylic acid groups (broad SMARTS) is 1. The van der Waals surface area contributed by atoms with Crippen molar-refractivity contribution < 1.29 is 19.5 Å². The third-order valence-corrected chi connectivity index (χ3v) is 4.85. The van der Waals surface area contributed by atoms with Crippen molar-refractivity contribution in [2.24, 2.45) is 0 Å². The number of urea groups is 1. The van der Waals surface area contributed by atoms with Gasteiger partial charge in [-0.15, -0.1) is 0 Å². The molecular weight excluding hydrogens is 384 g/mol. The van der Waals surface area contributed by atoms with Crippen molar-refractivity contribution in [2.75, 3.05) is 6.54 Å². The molecule has 148 valence electrons. The van der Waals surface area contributed by atoms with Crippen molar-refractivity contribution >= 4 is 34.9 Å². The van der Waals surface area contributed by atoms with Crippen molar-refractivity contribution in [1.29, 1.82) is 5.26 Å². The van der Waals surface area contributed by atoms with Crippen LogP contribution < -0.4 is 5.32 Å². The summed E-state index contributed by atoms with van der Waals surface area (Å²) in [7, 11) is 0. The summed E-state index contributed by atoms with van der Waals surface area (Å²) < 4.78 is 1.97. The molecule has 30 heavy (non-hydrogen) atoms. The van der Waals surface area contributed by atoms with Crippen LogP contribution in [0.5, 0.6) is 0 Å². The number of benzene rings is 2. The third-order valence-electron chi connectivity index (χ3n) is 4.85. The number of nitriles is 1. The topological polar surface area (TPSA) is 115 Å². The van der Waals surface area contributed by atoms with Gasteiger partial charge in [0, 0.05) is 29.2 Å². The summed E-state index contributed by atoms with van der Waals surface area (Å²) in [5.74, 6) is -1.96. The van der Waals surface area contributed by atoms with E-state index in [0.29, 0.717) is 22.6 Å². The lowest BCUT2D eigenvalue weighted by Gasteiger charge is -2.07. The number of hydrogen-bond donors (Lipinski definition) is 2. The average molecular weight is 400 g/mol. The number of nitrogens with one attached hydrogen (secondary N) is 1. The molecule has 2 heterocycles. The van der Waals surface area contributed by atoms with E-state index in [-0.39, 0.29) is 5.70 Å². The molecule has 0 bridgehead atoms. The Morgan fingerprint density at radius 2 is 1.87 bits per heavy atom. The number of imide groups is 1. The second kappa shape index (κ2) is 7.56. The van der Waals surface area contributed by atoms with Crippen LogP contribution in [0.2, 0.25) is 0 Å². The Morgan fingerprint density at radius 1 is 1.13 bits per heavy atom. The first kappa shape index (κ1) is 19.0. The van der Waals surface area contributed by atoms with Gasteiger partial charge in [-0.2, -0.15) is 5.26 Å². The summed E-state index contributed by atoms with van der Waals surface area (Å²) in [6.45, 7) is -0.242. The fourth-order valence-corrected chi connectivity index (χ4v) is 3.48. The summed E-state index contributed by atoms with van der Waals surface area (Å²) in [5, 5.41) is 21.5. The van der Waals surface area contributed by atoms with Crippen molar-refractivity contribution in [2.45, 2.75) is 6.54 Å². The first-order chi connectivity index (χ1) is 14.5. The maximum absolute atomic E-state index is 12.4. The number of para-hydroxylation sites is 1. The molecule has 1 aliphatic rings. The fourth-order valence-electron chi connectivity index (χ4n) is 3.48. The number of aliphatic carboxylic acids is 1. The van der Waals surface area contributed by atoms with Gasteiger partial charge in [-0.25, -0.2) is 9.69 Å². The van der Waals surface area contributed by atoms with E-state index in [1.807, 2.05) is 53.2 Å². The third kappa shape index (κ3) is 3.40. The number of carbonyl (C=O) groups is 3. The van der Waals surface area contributed by atoms with Gasteiger partial charge >= 0.3 is 12.0 Å².